The Hall–Kier alpha value is -2.15. The number of hydrogen-bond acceptors (Lipinski definition) is 6. The van der Waals surface area contributed by atoms with Crippen molar-refractivity contribution >= 4 is 23.2 Å². The SMILES string of the molecule is Cc1cc(Sc2ccncc2N)n2ncnc2n1. The Labute approximate surface area is 107 Å². The molecule has 0 spiro atoms. The van der Waals surface area contributed by atoms with Crippen LogP contribution < -0.4 is 5.73 Å². The lowest BCUT2D eigenvalue weighted by molar-refractivity contribution is 0.833. The molecular weight excluding hydrogens is 248 g/mol. The van der Waals surface area contributed by atoms with Crippen molar-refractivity contribution in [3.63, 3.8) is 0 Å². The Morgan fingerprint density at radius 2 is 2.28 bits per heavy atom. The van der Waals surface area contributed by atoms with Crippen molar-refractivity contribution in [2.45, 2.75) is 16.8 Å². The molecule has 0 atom stereocenters. The number of anilines is 1. The van der Waals surface area contributed by atoms with Gasteiger partial charge in [0, 0.05) is 16.8 Å². The molecule has 7 heteroatoms. The molecule has 6 nitrogen and oxygen atoms in total. The van der Waals surface area contributed by atoms with E-state index in [0.717, 1.165) is 15.6 Å². The van der Waals surface area contributed by atoms with Crippen molar-refractivity contribution in [1.29, 1.82) is 0 Å². The maximum Gasteiger partial charge on any atom is 0.253 e. The van der Waals surface area contributed by atoms with Gasteiger partial charge in [0.1, 0.15) is 11.4 Å². The summed E-state index contributed by atoms with van der Waals surface area (Å²) in [5, 5.41) is 5.08. The number of pyridine rings is 1. The van der Waals surface area contributed by atoms with E-state index in [1.807, 2.05) is 19.1 Å². The van der Waals surface area contributed by atoms with Crippen molar-refractivity contribution in [2.24, 2.45) is 0 Å². The summed E-state index contributed by atoms with van der Waals surface area (Å²) in [6, 6.07) is 3.82. The lowest BCUT2D eigenvalue weighted by atomic mass is 10.4. The molecule has 0 aromatic carbocycles. The van der Waals surface area contributed by atoms with Gasteiger partial charge in [-0.05, 0) is 19.1 Å². The van der Waals surface area contributed by atoms with Gasteiger partial charge in [-0.25, -0.2) is 4.98 Å². The minimum Gasteiger partial charge on any atom is -0.397 e. The minimum atomic E-state index is 0.588. The monoisotopic (exact) mass is 258 g/mol. The molecule has 0 radical (unpaired) electrons. The van der Waals surface area contributed by atoms with E-state index in [2.05, 4.69) is 20.1 Å². The smallest absolute Gasteiger partial charge is 0.253 e. The summed E-state index contributed by atoms with van der Waals surface area (Å²) in [5.74, 6) is 0.588. The molecule has 90 valence electrons. The minimum absolute atomic E-state index is 0.588. The normalized spacial score (nSPS) is 10.9. The molecule has 3 heterocycles. The summed E-state index contributed by atoms with van der Waals surface area (Å²) in [7, 11) is 0. The third kappa shape index (κ3) is 1.88. The number of nitrogens with zero attached hydrogens (tertiary/aromatic N) is 5. The predicted molar refractivity (Wildman–Crippen MR) is 68.3 cm³/mol. The first-order valence-corrected chi connectivity index (χ1v) is 6.10. The van der Waals surface area contributed by atoms with Gasteiger partial charge in [0.25, 0.3) is 5.78 Å². The van der Waals surface area contributed by atoms with Crippen LogP contribution in [0.2, 0.25) is 0 Å². The number of rotatable bonds is 2. The molecule has 0 aliphatic carbocycles. The first-order chi connectivity index (χ1) is 8.74. The molecular formula is C11H10N6S. The molecule has 0 fully saturated rings. The fourth-order valence-corrected chi connectivity index (χ4v) is 2.54. The van der Waals surface area contributed by atoms with E-state index in [9.17, 15) is 0 Å². The Kier molecular flexibility index (Phi) is 2.60. The Morgan fingerprint density at radius 3 is 3.11 bits per heavy atom. The van der Waals surface area contributed by atoms with Crippen molar-refractivity contribution in [2.75, 3.05) is 5.73 Å². The van der Waals surface area contributed by atoms with Gasteiger partial charge < -0.3 is 5.73 Å². The first-order valence-electron chi connectivity index (χ1n) is 5.29. The third-order valence-corrected chi connectivity index (χ3v) is 3.46. The number of nitrogen functional groups attached to an aromatic ring is 1. The molecule has 0 unspecified atom stereocenters. The number of aryl methyl sites for hydroxylation is 1. The van der Waals surface area contributed by atoms with E-state index in [4.69, 9.17) is 5.73 Å². The zero-order valence-electron chi connectivity index (χ0n) is 9.61. The number of nitrogens with two attached hydrogens (primary N) is 1. The number of aromatic nitrogens is 5. The highest BCUT2D eigenvalue weighted by Crippen LogP contribution is 2.31. The van der Waals surface area contributed by atoms with Crippen LogP contribution in [0.1, 0.15) is 5.69 Å². The summed E-state index contributed by atoms with van der Waals surface area (Å²) in [5.41, 5.74) is 7.42. The Bertz CT molecular complexity index is 708. The van der Waals surface area contributed by atoms with E-state index in [1.54, 1.807) is 16.9 Å². The van der Waals surface area contributed by atoms with Gasteiger partial charge in [0.05, 0.1) is 11.9 Å². The first kappa shape index (κ1) is 11.0. The van der Waals surface area contributed by atoms with Gasteiger partial charge in [-0.2, -0.15) is 14.6 Å². The highest BCUT2D eigenvalue weighted by Gasteiger charge is 2.08. The van der Waals surface area contributed by atoms with Crippen molar-refractivity contribution < 1.29 is 0 Å². The molecule has 3 aromatic rings. The van der Waals surface area contributed by atoms with E-state index >= 15 is 0 Å². The molecule has 3 aromatic heterocycles. The van der Waals surface area contributed by atoms with Gasteiger partial charge in [0.15, 0.2) is 0 Å². The molecule has 2 N–H and O–H groups in total. The van der Waals surface area contributed by atoms with Crippen LogP contribution >= 0.6 is 11.8 Å². The van der Waals surface area contributed by atoms with Crippen molar-refractivity contribution in [3.8, 4) is 0 Å². The summed E-state index contributed by atoms with van der Waals surface area (Å²) < 4.78 is 1.69. The molecule has 0 saturated heterocycles. The topological polar surface area (TPSA) is 82.0 Å². The standard InChI is InChI=1S/C11H10N6S/c1-7-4-10(17-11(16-7)14-6-15-17)18-9-2-3-13-5-8(9)12/h2-6H,12H2,1H3. The maximum atomic E-state index is 5.88. The van der Waals surface area contributed by atoms with E-state index in [-0.39, 0.29) is 0 Å². The van der Waals surface area contributed by atoms with Crippen LogP contribution in [0, 0.1) is 6.92 Å². The van der Waals surface area contributed by atoms with Gasteiger partial charge in [-0.15, -0.1) is 0 Å². The molecule has 0 bridgehead atoms. The third-order valence-electron chi connectivity index (χ3n) is 2.37. The quantitative estimate of drug-likeness (QED) is 0.702. The van der Waals surface area contributed by atoms with E-state index < -0.39 is 0 Å². The fraction of sp³-hybridized carbons (Fsp3) is 0.0909. The average molecular weight is 258 g/mol. The van der Waals surface area contributed by atoms with Gasteiger partial charge in [-0.1, -0.05) is 11.8 Å². The number of hydrogen-bond donors (Lipinski definition) is 1. The van der Waals surface area contributed by atoms with Crippen molar-refractivity contribution in [3.05, 3.63) is 36.5 Å². The molecule has 3 rings (SSSR count). The van der Waals surface area contributed by atoms with Gasteiger partial charge in [-0.3, -0.25) is 4.98 Å². The van der Waals surface area contributed by atoms with Crippen LogP contribution in [0.25, 0.3) is 5.78 Å². The van der Waals surface area contributed by atoms with Crippen LogP contribution in [-0.2, 0) is 0 Å². The van der Waals surface area contributed by atoms with Crippen LogP contribution in [0.15, 0.2) is 40.8 Å². The van der Waals surface area contributed by atoms with Crippen LogP contribution in [0.3, 0.4) is 0 Å². The highest BCUT2D eigenvalue weighted by molar-refractivity contribution is 7.99. The van der Waals surface area contributed by atoms with Crippen LogP contribution in [-0.4, -0.2) is 24.6 Å². The van der Waals surface area contributed by atoms with Gasteiger partial charge >= 0.3 is 0 Å². The fourth-order valence-electron chi connectivity index (χ4n) is 1.57. The summed E-state index contributed by atoms with van der Waals surface area (Å²) in [4.78, 5) is 13.3. The summed E-state index contributed by atoms with van der Waals surface area (Å²) >= 11 is 1.52. The van der Waals surface area contributed by atoms with Gasteiger partial charge in [0.2, 0.25) is 0 Å². The zero-order chi connectivity index (χ0) is 12.5. The lowest BCUT2D eigenvalue weighted by Gasteiger charge is -2.06. The summed E-state index contributed by atoms with van der Waals surface area (Å²) in [6.45, 7) is 1.93. The molecule has 0 saturated carbocycles. The number of fused-ring (bicyclic) bond motifs is 1. The maximum absolute atomic E-state index is 5.88. The van der Waals surface area contributed by atoms with E-state index in [0.29, 0.717) is 11.5 Å². The summed E-state index contributed by atoms with van der Waals surface area (Å²) in [6.07, 6.45) is 4.84. The molecule has 0 aliphatic heterocycles. The van der Waals surface area contributed by atoms with Crippen molar-refractivity contribution in [1.82, 2.24) is 24.6 Å². The predicted octanol–water partition coefficient (Wildman–Crippen LogP) is 1.56. The highest BCUT2D eigenvalue weighted by atomic mass is 32.2. The lowest BCUT2D eigenvalue weighted by Crippen LogP contribution is -1.98. The Balaban J connectivity index is 2.10. The van der Waals surface area contributed by atoms with Crippen LogP contribution in [0.5, 0.6) is 0 Å². The zero-order valence-corrected chi connectivity index (χ0v) is 10.4. The second-order valence-corrected chi connectivity index (χ2v) is 4.79. The van der Waals surface area contributed by atoms with E-state index in [1.165, 1.54) is 18.1 Å². The average Bonchev–Trinajstić information content (AvgIpc) is 2.80. The molecule has 18 heavy (non-hydrogen) atoms. The molecule has 0 aliphatic rings. The largest absolute Gasteiger partial charge is 0.397 e. The van der Waals surface area contributed by atoms with Crippen LogP contribution in [0.4, 0.5) is 5.69 Å². The molecule has 0 amide bonds. The second-order valence-electron chi connectivity index (χ2n) is 3.72. The Morgan fingerprint density at radius 1 is 1.39 bits per heavy atom. The second kappa shape index (κ2) is 4.26.